The number of rotatable bonds is 2. The van der Waals surface area contributed by atoms with Gasteiger partial charge in [-0.05, 0) is 31.7 Å². The highest BCUT2D eigenvalue weighted by Gasteiger charge is 2.27. The van der Waals surface area contributed by atoms with Gasteiger partial charge in [-0.1, -0.05) is 13.3 Å². The molecule has 0 aromatic carbocycles. The van der Waals surface area contributed by atoms with Crippen LogP contribution in [0.1, 0.15) is 54.1 Å². The maximum absolute atomic E-state index is 10.7. The van der Waals surface area contributed by atoms with Gasteiger partial charge in [0.15, 0.2) is 6.29 Å². The minimum atomic E-state index is 0.448. The van der Waals surface area contributed by atoms with E-state index >= 15 is 0 Å². The molecule has 1 aliphatic carbocycles. The summed E-state index contributed by atoms with van der Waals surface area (Å²) >= 11 is 0. The highest BCUT2D eigenvalue weighted by Crippen LogP contribution is 2.37. The van der Waals surface area contributed by atoms with Crippen LogP contribution in [-0.4, -0.2) is 16.3 Å². The molecule has 2 rings (SSSR count). The summed E-state index contributed by atoms with van der Waals surface area (Å²) in [6.45, 7) is 4.15. The van der Waals surface area contributed by atoms with Crippen molar-refractivity contribution in [2.24, 2.45) is 5.92 Å². The summed E-state index contributed by atoms with van der Waals surface area (Å²) in [6, 6.07) is 1.73. The third-order valence-electron chi connectivity index (χ3n) is 3.21. The van der Waals surface area contributed by atoms with E-state index in [1.165, 1.54) is 12.8 Å². The van der Waals surface area contributed by atoms with Gasteiger partial charge in [-0.25, -0.2) is 9.97 Å². The Bertz CT molecular complexity index is 376. The maximum atomic E-state index is 10.7. The van der Waals surface area contributed by atoms with Gasteiger partial charge in [-0.15, -0.1) is 0 Å². The summed E-state index contributed by atoms with van der Waals surface area (Å²) in [5.74, 6) is 1.96. The second kappa shape index (κ2) is 4.09. The lowest BCUT2D eigenvalue weighted by Gasteiger charge is -2.14. The first-order valence-electron chi connectivity index (χ1n) is 5.51. The molecule has 0 radical (unpaired) electrons. The zero-order valence-corrected chi connectivity index (χ0v) is 9.23. The molecule has 0 N–H and O–H groups in total. The molecule has 80 valence electrons. The number of nitrogens with zero attached hydrogens (tertiary/aromatic N) is 2. The van der Waals surface area contributed by atoms with Gasteiger partial charge in [-0.3, -0.25) is 4.79 Å². The van der Waals surface area contributed by atoms with Crippen LogP contribution in [0.15, 0.2) is 6.07 Å². The molecular formula is C12H16N2O. The third kappa shape index (κ3) is 2.06. The molecular weight excluding hydrogens is 188 g/mol. The fourth-order valence-corrected chi connectivity index (χ4v) is 2.37. The summed E-state index contributed by atoms with van der Waals surface area (Å²) in [5.41, 5.74) is 1.40. The Morgan fingerprint density at radius 3 is 2.80 bits per heavy atom. The number of aldehydes is 1. The van der Waals surface area contributed by atoms with Crippen LogP contribution in [0.25, 0.3) is 0 Å². The van der Waals surface area contributed by atoms with Crippen molar-refractivity contribution in [1.82, 2.24) is 9.97 Å². The van der Waals surface area contributed by atoms with Crippen LogP contribution in [0, 0.1) is 12.8 Å². The van der Waals surface area contributed by atoms with Gasteiger partial charge in [0, 0.05) is 11.6 Å². The Balaban J connectivity index is 2.34. The van der Waals surface area contributed by atoms with Crippen LogP contribution in [0.5, 0.6) is 0 Å². The minimum absolute atomic E-state index is 0.448. The van der Waals surface area contributed by atoms with Gasteiger partial charge in [0.25, 0.3) is 0 Å². The van der Waals surface area contributed by atoms with E-state index in [9.17, 15) is 4.79 Å². The van der Waals surface area contributed by atoms with Gasteiger partial charge < -0.3 is 0 Å². The number of carbonyl (C=O) groups excluding carboxylic acids is 1. The fourth-order valence-electron chi connectivity index (χ4n) is 2.37. The van der Waals surface area contributed by atoms with Crippen molar-refractivity contribution in [1.29, 1.82) is 0 Å². The molecule has 1 aliphatic rings. The quantitative estimate of drug-likeness (QED) is 0.695. The lowest BCUT2D eigenvalue weighted by atomic mass is 9.97. The second-order valence-corrected chi connectivity index (χ2v) is 4.42. The van der Waals surface area contributed by atoms with Gasteiger partial charge in [0.05, 0.1) is 0 Å². The molecule has 0 spiro atoms. The zero-order chi connectivity index (χ0) is 10.8. The van der Waals surface area contributed by atoms with E-state index in [4.69, 9.17) is 0 Å². The van der Waals surface area contributed by atoms with Crippen LogP contribution >= 0.6 is 0 Å². The van der Waals surface area contributed by atoms with Crippen LogP contribution in [0.3, 0.4) is 0 Å². The minimum Gasteiger partial charge on any atom is -0.296 e. The van der Waals surface area contributed by atoms with E-state index < -0.39 is 0 Å². The standard InChI is InChI=1S/C12H16N2O/c1-8-4-3-5-11(8)12-13-9(2)6-10(7-15)14-12/h6-8,11H,3-5H2,1-2H3. The number of carbonyl (C=O) groups is 1. The Hall–Kier alpha value is -1.25. The van der Waals surface area contributed by atoms with E-state index in [1.807, 2.05) is 6.92 Å². The van der Waals surface area contributed by atoms with E-state index in [2.05, 4.69) is 16.9 Å². The van der Waals surface area contributed by atoms with Gasteiger partial charge in [0.2, 0.25) is 0 Å². The summed E-state index contributed by atoms with van der Waals surface area (Å²) < 4.78 is 0. The third-order valence-corrected chi connectivity index (χ3v) is 3.21. The first-order valence-corrected chi connectivity index (χ1v) is 5.51. The number of aromatic nitrogens is 2. The Morgan fingerprint density at radius 2 is 2.20 bits per heavy atom. The predicted molar refractivity (Wildman–Crippen MR) is 57.9 cm³/mol. The number of hydrogen-bond donors (Lipinski definition) is 0. The zero-order valence-electron chi connectivity index (χ0n) is 9.23. The van der Waals surface area contributed by atoms with Crippen molar-refractivity contribution in [2.45, 2.75) is 39.0 Å². The van der Waals surface area contributed by atoms with Crippen molar-refractivity contribution in [3.8, 4) is 0 Å². The molecule has 1 aromatic heterocycles. The van der Waals surface area contributed by atoms with Gasteiger partial charge in [0.1, 0.15) is 11.5 Å². The highest BCUT2D eigenvalue weighted by molar-refractivity contribution is 5.71. The molecule has 15 heavy (non-hydrogen) atoms. The number of aryl methyl sites for hydroxylation is 1. The summed E-state index contributed by atoms with van der Waals surface area (Å²) in [7, 11) is 0. The van der Waals surface area contributed by atoms with Crippen LogP contribution in [0.4, 0.5) is 0 Å². The molecule has 3 nitrogen and oxygen atoms in total. The van der Waals surface area contributed by atoms with E-state index in [-0.39, 0.29) is 0 Å². The molecule has 1 fully saturated rings. The van der Waals surface area contributed by atoms with Crippen molar-refractivity contribution in [2.75, 3.05) is 0 Å². The molecule has 0 amide bonds. The van der Waals surface area contributed by atoms with Crippen LogP contribution in [-0.2, 0) is 0 Å². The van der Waals surface area contributed by atoms with Crippen LogP contribution in [0.2, 0.25) is 0 Å². The molecule has 1 saturated carbocycles. The summed E-state index contributed by atoms with van der Waals surface area (Å²) in [6.07, 6.45) is 4.46. The normalized spacial score (nSPS) is 25.5. The molecule has 0 saturated heterocycles. The van der Waals surface area contributed by atoms with Crippen molar-refractivity contribution < 1.29 is 4.79 Å². The smallest absolute Gasteiger partial charge is 0.168 e. The van der Waals surface area contributed by atoms with E-state index in [0.29, 0.717) is 17.5 Å². The lowest BCUT2D eigenvalue weighted by Crippen LogP contribution is -2.09. The first-order chi connectivity index (χ1) is 7.20. The molecule has 2 unspecified atom stereocenters. The molecule has 1 aromatic rings. The highest BCUT2D eigenvalue weighted by atomic mass is 16.1. The topological polar surface area (TPSA) is 42.9 Å². The SMILES string of the molecule is Cc1cc(C=O)nc(C2CCCC2C)n1. The average Bonchev–Trinajstić information content (AvgIpc) is 2.63. The monoisotopic (exact) mass is 204 g/mol. The Morgan fingerprint density at radius 1 is 1.40 bits per heavy atom. The second-order valence-electron chi connectivity index (χ2n) is 4.42. The number of hydrogen-bond acceptors (Lipinski definition) is 3. The fraction of sp³-hybridized carbons (Fsp3) is 0.583. The molecule has 1 heterocycles. The molecule has 0 bridgehead atoms. The lowest BCUT2D eigenvalue weighted by molar-refractivity contribution is 0.111. The van der Waals surface area contributed by atoms with Crippen molar-refractivity contribution in [3.05, 3.63) is 23.3 Å². The first kappa shape index (κ1) is 10.3. The van der Waals surface area contributed by atoms with Crippen LogP contribution < -0.4 is 0 Å². The Kier molecular flexibility index (Phi) is 2.80. The summed E-state index contributed by atoms with van der Waals surface area (Å²) in [4.78, 5) is 19.5. The van der Waals surface area contributed by atoms with Gasteiger partial charge >= 0.3 is 0 Å². The van der Waals surface area contributed by atoms with Crippen molar-refractivity contribution >= 4 is 6.29 Å². The maximum Gasteiger partial charge on any atom is 0.168 e. The Labute approximate surface area is 89.9 Å². The summed E-state index contributed by atoms with van der Waals surface area (Å²) in [5, 5.41) is 0. The van der Waals surface area contributed by atoms with Crippen molar-refractivity contribution in [3.63, 3.8) is 0 Å². The molecule has 2 atom stereocenters. The average molecular weight is 204 g/mol. The molecule has 0 aliphatic heterocycles. The van der Waals surface area contributed by atoms with E-state index in [0.717, 1.165) is 24.2 Å². The van der Waals surface area contributed by atoms with E-state index in [1.54, 1.807) is 6.07 Å². The molecule has 3 heteroatoms. The largest absolute Gasteiger partial charge is 0.296 e. The predicted octanol–water partition coefficient (Wildman–Crippen LogP) is 2.50. The van der Waals surface area contributed by atoms with Gasteiger partial charge in [-0.2, -0.15) is 0 Å².